The van der Waals surface area contributed by atoms with Crippen molar-refractivity contribution < 1.29 is 37.7 Å². The molecule has 0 amide bonds. The van der Waals surface area contributed by atoms with Gasteiger partial charge in [-0.25, -0.2) is 4.39 Å². The van der Waals surface area contributed by atoms with Gasteiger partial charge in [-0.15, -0.1) is 0 Å². The highest BCUT2D eigenvalue weighted by Crippen LogP contribution is 2.26. The van der Waals surface area contributed by atoms with Gasteiger partial charge in [0.1, 0.15) is 12.9 Å². The maximum Gasteiger partial charge on any atom is 0.303 e. The predicted octanol–water partition coefficient (Wildman–Crippen LogP) is 0.623. The second-order valence-electron chi connectivity index (χ2n) is 4.08. The van der Waals surface area contributed by atoms with Gasteiger partial charge >= 0.3 is 17.9 Å². The molecule has 1 aliphatic rings. The summed E-state index contributed by atoms with van der Waals surface area (Å²) in [6.45, 7) is 3.12. The van der Waals surface area contributed by atoms with Crippen LogP contribution in [0.3, 0.4) is 0 Å². The zero-order valence-corrected chi connectivity index (χ0v) is 11.3. The topological polar surface area (TPSA) is 88.1 Å². The van der Waals surface area contributed by atoms with Crippen LogP contribution in [0.2, 0.25) is 0 Å². The molecule has 7 nitrogen and oxygen atoms in total. The summed E-state index contributed by atoms with van der Waals surface area (Å²) < 4.78 is 33.0. The lowest BCUT2D eigenvalue weighted by molar-refractivity contribution is -0.182. The molecule has 0 aromatic carbocycles. The summed E-state index contributed by atoms with van der Waals surface area (Å²) in [7, 11) is 0. The van der Waals surface area contributed by atoms with Crippen LogP contribution in [0.15, 0.2) is 12.1 Å². The van der Waals surface area contributed by atoms with E-state index in [0.29, 0.717) is 0 Å². The molecule has 0 saturated heterocycles. The zero-order chi connectivity index (χ0) is 15.3. The average molecular weight is 290 g/mol. The monoisotopic (exact) mass is 290 g/mol. The molecule has 0 aromatic rings. The van der Waals surface area contributed by atoms with E-state index in [-0.39, 0.29) is 6.61 Å². The molecular formula is C12H15FO7. The smallest absolute Gasteiger partial charge is 0.303 e. The summed E-state index contributed by atoms with van der Waals surface area (Å²) in [4.78, 5) is 32.8. The quantitative estimate of drug-likeness (QED) is 0.554. The lowest BCUT2D eigenvalue weighted by Crippen LogP contribution is -2.48. The van der Waals surface area contributed by atoms with Gasteiger partial charge in [0.25, 0.3) is 0 Å². The molecule has 1 heterocycles. The summed E-state index contributed by atoms with van der Waals surface area (Å²) >= 11 is 0. The highest BCUT2D eigenvalue weighted by atomic mass is 19.1. The Hall–Kier alpha value is -2.12. The van der Waals surface area contributed by atoms with Crippen LogP contribution >= 0.6 is 0 Å². The fourth-order valence-electron chi connectivity index (χ4n) is 1.61. The SMILES string of the molecule is CC(=O)OC[C@H]1OC=C(F)[C@@H](OC(C)=O)[C@H]1OC(C)=O. The summed E-state index contributed by atoms with van der Waals surface area (Å²) in [5.41, 5.74) is 0. The summed E-state index contributed by atoms with van der Waals surface area (Å²) in [5, 5.41) is 0. The Morgan fingerprint density at radius 2 is 1.75 bits per heavy atom. The molecule has 1 rings (SSSR count). The Labute approximate surface area is 114 Å². The fourth-order valence-corrected chi connectivity index (χ4v) is 1.61. The molecule has 0 aliphatic carbocycles. The minimum Gasteiger partial charge on any atom is -0.488 e. The average Bonchev–Trinajstić information content (AvgIpc) is 2.31. The van der Waals surface area contributed by atoms with Gasteiger partial charge in [-0.2, -0.15) is 0 Å². The first kappa shape index (κ1) is 15.9. The van der Waals surface area contributed by atoms with E-state index >= 15 is 0 Å². The highest BCUT2D eigenvalue weighted by molar-refractivity contribution is 5.68. The minimum absolute atomic E-state index is 0.269. The number of ether oxygens (including phenoxy) is 4. The zero-order valence-electron chi connectivity index (χ0n) is 11.3. The van der Waals surface area contributed by atoms with Gasteiger partial charge in [-0.1, -0.05) is 0 Å². The largest absolute Gasteiger partial charge is 0.488 e. The van der Waals surface area contributed by atoms with Crippen LogP contribution < -0.4 is 0 Å². The molecule has 1 aliphatic heterocycles. The van der Waals surface area contributed by atoms with Crippen molar-refractivity contribution in [2.45, 2.75) is 39.1 Å². The van der Waals surface area contributed by atoms with Crippen LogP contribution in [0, 0.1) is 0 Å². The Balaban J connectivity index is 2.90. The first-order chi connectivity index (χ1) is 9.31. The lowest BCUT2D eigenvalue weighted by Gasteiger charge is -2.33. The highest BCUT2D eigenvalue weighted by Gasteiger charge is 2.42. The minimum atomic E-state index is -1.43. The standard InChI is InChI=1S/C12H15FO7/c1-6(14)17-5-10-12(20-8(3)16)11(19-7(2)15)9(13)4-18-10/h4,10-12H,5H2,1-3H3/t10-,11-,12+/m1/s1. The van der Waals surface area contributed by atoms with E-state index in [1.54, 1.807) is 0 Å². The van der Waals surface area contributed by atoms with Crippen molar-refractivity contribution in [3.63, 3.8) is 0 Å². The molecule has 112 valence electrons. The number of rotatable bonds is 4. The number of carbonyl (C=O) groups is 3. The van der Waals surface area contributed by atoms with Crippen molar-refractivity contribution in [2.75, 3.05) is 6.61 Å². The van der Waals surface area contributed by atoms with Crippen LogP contribution in [0.4, 0.5) is 4.39 Å². The molecular weight excluding hydrogens is 275 g/mol. The molecule has 0 spiro atoms. The third-order valence-corrected chi connectivity index (χ3v) is 2.34. The number of hydrogen-bond donors (Lipinski definition) is 0. The van der Waals surface area contributed by atoms with E-state index in [0.717, 1.165) is 20.1 Å². The third kappa shape index (κ3) is 4.52. The predicted molar refractivity (Wildman–Crippen MR) is 61.8 cm³/mol. The molecule has 0 aromatic heterocycles. The Bertz CT molecular complexity index is 432. The summed E-state index contributed by atoms with van der Waals surface area (Å²) in [5.74, 6) is -2.93. The van der Waals surface area contributed by atoms with E-state index in [9.17, 15) is 18.8 Å². The van der Waals surface area contributed by atoms with Crippen molar-refractivity contribution >= 4 is 17.9 Å². The van der Waals surface area contributed by atoms with Gasteiger partial charge in [-0.3, -0.25) is 14.4 Å². The van der Waals surface area contributed by atoms with Crippen LogP contribution in [0.5, 0.6) is 0 Å². The van der Waals surface area contributed by atoms with Gasteiger partial charge < -0.3 is 18.9 Å². The molecule has 3 atom stereocenters. The molecule has 8 heteroatoms. The summed E-state index contributed by atoms with van der Waals surface area (Å²) in [6.07, 6.45) is -2.89. The molecule has 0 radical (unpaired) electrons. The normalized spacial score (nSPS) is 25.0. The maximum absolute atomic E-state index is 13.6. The van der Waals surface area contributed by atoms with Gasteiger partial charge in [0.05, 0.1) is 0 Å². The molecule has 0 saturated carbocycles. The summed E-state index contributed by atoms with van der Waals surface area (Å²) in [6, 6.07) is 0. The number of hydrogen-bond acceptors (Lipinski definition) is 7. The van der Waals surface area contributed by atoms with Crippen molar-refractivity contribution in [1.29, 1.82) is 0 Å². The first-order valence-electron chi connectivity index (χ1n) is 5.80. The molecule has 0 unspecified atom stereocenters. The number of halogens is 1. The van der Waals surface area contributed by atoms with Crippen LogP contribution in [-0.2, 0) is 33.3 Å². The van der Waals surface area contributed by atoms with E-state index in [1.807, 2.05) is 0 Å². The third-order valence-electron chi connectivity index (χ3n) is 2.34. The lowest BCUT2D eigenvalue weighted by atomic mass is 10.0. The Kier molecular flexibility index (Phi) is 5.48. The van der Waals surface area contributed by atoms with Crippen molar-refractivity contribution in [3.8, 4) is 0 Å². The van der Waals surface area contributed by atoms with Crippen LogP contribution in [0.25, 0.3) is 0 Å². The number of esters is 3. The maximum atomic E-state index is 13.6. The molecule has 0 fully saturated rings. The van der Waals surface area contributed by atoms with E-state index in [1.165, 1.54) is 6.92 Å². The van der Waals surface area contributed by atoms with E-state index in [2.05, 4.69) is 0 Å². The van der Waals surface area contributed by atoms with Crippen molar-refractivity contribution in [1.82, 2.24) is 0 Å². The first-order valence-corrected chi connectivity index (χ1v) is 5.80. The van der Waals surface area contributed by atoms with Crippen molar-refractivity contribution in [3.05, 3.63) is 12.1 Å². The number of carbonyl (C=O) groups excluding carboxylic acids is 3. The van der Waals surface area contributed by atoms with Gasteiger partial charge in [-0.05, 0) is 0 Å². The molecule has 20 heavy (non-hydrogen) atoms. The molecule has 0 N–H and O–H groups in total. The Morgan fingerprint density at radius 1 is 1.15 bits per heavy atom. The molecule has 0 bridgehead atoms. The second-order valence-corrected chi connectivity index (χ2v) is 4.08. The van der Waals surface area contributed by atoms with E-state index in [4.69, 9.17) is 18.9 Å². The van der Waals surface area contributed by atoms with Gasteiger partial charge in [0.2, 0.25) is 0 Å². The fraction of sp³-hybridized carbons (Fsp3) is 0.583. The Morgan fingerprint density at radius 3 is 2.25 bits per heavy atom. The van der Waals surface area contributed by atoms with Crippen LogP contribution in [-0.4, -0.2) is 42.8 Å². The van der Waals surface area contributed by atoms with Gasteiger partial charge in [0, 0.05) is 20.8 Å². The van der Waals surface area contributed by atoms with E-state index < -0.39 is 42.0 Å². The van der Waals surface area contributed by atoms with Gasteiger partial charge in [0.15, 0.2) is 24.1 Å². The van der Waals surface area contributed by atoms with Crippen molar-refractivity contribution in [2.24, 2.45) is 0 Å². The van der Waals surface area contributed by atoms with Crippen LogP contribution in [0.1, 0.15) is 20.8 Å². The second kappa shape index (κ2) is 6.88.